The molecule has 0 amide bonds. The van der Waals surface area contributed by atoms with E-state index in [4.69, 9.17) is 21.6 Å². The first-order chi connectivity index (χ1) is 9.22. The van der Waals surface area contributed by atoms with Crippen molar-refractivity contribution in [2.24, 2.45) is 0 Å². The molecule has 0 aromatic heterocycles. The molecule has 0 spiro atoms. The molecule has 0 bridgehead atoms. The second kappa shape index (κ2) is 6.60. The summed E-state index contributed by atoms with van der Waals surface area (Å²) in [5.74, 6) is 0.647. The maximum Gasteiger partial charge on any atom is 0.138 e. The minimum atomic E-state index is 0.392. The number of hydrogen-bond acceptors (Lipinski definition) is 2. The SMILES string of the molecule is N#Cc1cccc(COc2ccc(CBr)cc2Cl)c1. The molecule has 0 atom stereocenters. The normalized spacial score (nSPS) is 9.95. The number of halogens is 2. The fourth-order valence-corrected chi connectivity index (χ4v) is 2.24. The van der Waals surface area contributed by atoms with Gasteiger partial charge in [-0.05, 0) is 35.4 Å². The van der Waals surface area contributed by atoms with E-state index in [1.165, 1.54) is 0 Å². The van der Waals surface area contributed by atoms with Crippen molar-refractivity contribution in [2.75, 3.05) is 0 Å². The van der Waals surface area contributed by atoms with Crippen LogP contribution in [0.15, 0.2) is 42.5 Å². The van der Waals surface area contributed by atoms with Gasteiger partial charge in [-0.25, -0.2) is 0 Å². The van der Waals surface area contributed by atoms with Crippen molar-refractivity contribution >= 4 is 27.5 Å². The summed E-state index contributed by atoms with van der Waals surface area (Å²) in [5, 5.41) is 10.2. The molecule has 0 saturated carbocycles. The van der Waals surface area contributed by atoms with Gasteiger partial charge in [0.25, 0.3) is 0 Å². The van der Waals surface area contributed by atoms with Crippen LogP contribution >= 0.6 is 27.5 Å². The predicted molar refractivity (Wildman–Crippen MR) is 79.6 cm³/mol. The van der Waals surface area contributed by atoms with Crippen LogP contribution in [0.5, 0.6) is 5.75 Å². The number of hydrogen-bond donors (Lipinski definition) is 0. The Balaban J connectivity index is 2.08. The number of nitriles is 1. The average Bonchev–Trinajstić information content (AvgIpc) is 2.46. The third-order valence-electron chi connectivity index (χ3n) is 2.60. The third-order valence-corrected chi connectivity index (χ3v) is 3.54. The molecule has 0 aliphatic rings. The molecule has 0 radical (unpaired) electrons. The number of rotatable bonds is 4. The van der Waals surface area contributed by atoms with Crippen LogP contribution in [0, 0.1) is 11.3 Å². The molecule has 0 unspecified atom stereocenters. The van der Waals surface area contributed by atoms with Gasteiger partial charge in [-0.2, -0.15) is 5.26 Å². The van der Waals surface area contributed by atoms with E-state index < -0.39 is 0 Å². The largest absolute Gasteiger partial charge is 0.487 e. The van der Waals surface area contributed by atoms with E-state index in [0.29, 0.717) is 22.9 Å². The lowest BCUT2D eigenvalue weighted by molar-refractivity contribution is 0.306. The lowest BCUT2D eigenvalue weighted by Gasteiger charge is -2.09. The predicted octanol–water partition coefficient (Wildman–Crippen LogP) is 4.69. The van der Waals surface area contributed by atoms with Crippen molar-refractivity contribution in [1.29, 1.82) is 5.26 Å². The van der Waals surface area contributed by atoms with E-state index in [1.54, 1.807) is 12.1 Å². The van der Waals surface area contributed by atoms with E-state index in [1.807, 2.05) is 30.3 Å². The maximum atomic E-state index is 8.83. The minimum absolute atomic E-state index is 0.392. The quantitative estimate of drug-likeness (QED) is 0.759. The van der Waals surface area contributed by atoms with E-state index in [9.17, 15) is 0 Å². The van der Waals surface area contributed by atoms with E-state index in [0.717, 1.165) is 16.5 Å². The first-order valence-corrected chi connectivity index (χ1v) is 7.19. The number of ether oxygens (including phenoxy) is 1. The molecule has 2 rings (SSSR count). The molecular formula is C15H11BrClNO. The van der Waals surface area contributed by atoms with Crippen molar-refractivity contribution in [3.05, 3.63) is 64.2 Å². The Morgan fingerprint density at radius 2 is 2.00 bits per heavy atom. The Hall–Kier alpha value is -1.50. The summed E-state index contributed by atoms with van der Waals surface area (Å²) in [5.41, 5.74) is 2.67. The smallest absolute Gasteiger partial charge is 0.138 e. The van der Waals surface area contributed by atoms with Gasteiger partial charge in [0, 0.05) is 5.33 Å². The van der Waals surface area contributed by atoms with Crippen molar-refractivity contribution in [3.8, 4) is 11.8 Å². The van der Waals surface area contributed by atoms with Crippen molar-refractivity contribution in [3.63, 3.8) is 0 Å². The molecule has 0 aliphatic heterocycles. The van der Waals surface area contributed by atoms with E-state index >= 15 is 0 Å². The Morgan fingerprint density at radius 1 is 1.16 bits per heavy atom. The first-order valence-electron chi connectivity index (χ1n) is 5.69. The Bertz CT molecular complexity index is 622. The van der Waals surface area contributed by atoms with Gasteiger partial charge in [-0.1, -0.05) is 45.7 Å². The molecule has 19 heavy (non-hydrogen) atoms. The van der Waals surface area contributed by atoms with Crippen LogP contribution in [0.3, 0.4) is 0 Å². The highest BCUT2D eigenvalue weighted by atomic mass is 79.9. The monoisotopic (exact) mass is 335 g/mol. The van der Waals surface area contributed by atoms with Crippen molar-refractivity contribution in [2.45, 2.75) is 11.9 Å². The molecule has 96 valence electrons. The van der Waals surface area contributed by atoms with Gasteiger partial charge in [0.05, 0.1) is 16.7 Å². The van der Waals surface area contributed by atoms with Gasteiger partial charge >= 0.3 is 0 Å². The van der Waals surface area contributed by atoms with Gasteiger partial charge in [-0.3, -0.25) is 0 Å². The zero-order valence-electron chi connectivity index (χ0n) is 10.1. The molecule has 4 heteroatoms. The Labute approximate surface area is 125 Å². The molecule has 0 aliphatic carbocycles. The summed E-state index contributed by atoms with van der Waals surface area (Å²) in [7, 11) is 0. The van der Waals surface area contributed by atoms with Gasteiger partial charge in [-0.15, -0.1) is 0 Å². The molecule has 0 heterocycles. The van der Waals surface area contributed by atoms with Crippen LogP contribution in [-0.4, -0.2) is 0 Å². The molecule has 0 fully saturated rings. The van der Waals surface area contributed by atoms with Crippen LogP contribution < -0.4 is 4.74 Å². The highest BCUT2D eigenvalue weighted by Crippen LogP contribution is 2.27. The topological polar surface area (TPSA) is 33.0 Å². The van der Waals surface area contributed by atoms with E-state index in [-0.39, 0.29) is 0 Å². The maximum absolute atomic E-state index is 8.83. The fourth-order valence-electron chi connectivity index (χ4n) is 1.64. The van der Waals surface area contributed by atoms with Crippen LogP contribution in [0.1, 0.15) is 16.7 Å². The Morgan fingerprint density at radius 3 is 2.68 bits per heavy atom. The zero-order valence-corrected chi connectivity index (χ0v) is 12.4. The van der Waals surface area contributed by atoms with Gasteiger partial charge in [0.1, 0.15) is 12.4 Å². The number of nitrogens with zero attached hydrogens (tertiary/aromatic N) is 1. The average molecular weight is 337 g/mol. The highest BCUT2D eigenvalue weighted by Gasteiger charge is 2.03. The van der Waals surface area contributed by atoms with Crippen molar-refractivity contribution in [1.82, 2.24) is 0 Å². The zero-order chi connectivity index (χ0) is 13.7. The summed E-state index contributed by atoms with van der Waals surface area (Å²) in [6, 6.07) is 15.1. The third kappa shape index (κ3) is 3.73. The second-order valence-corrected chi connectivity index (χ2v) is 4.97. The van der Waals surface area contributed by atoms with Crippen LogP contribution in [-0.2, 0) is 11.9 Å². The summed E-state index contributed by atoms with van der Waals surface area (Å²) in [6.45, 7) is 0.392. The molecule has 0 saturated heterocycles. The fraction of sp³-hybridized carbons (Fsp3) is 0.133. The van der Waals surface area contributed by atoms with E-state index in [2.05, 4.69) is 22.0 Å². The van der Waals surface area contributed by atoms with Crippen LogP contribution in [0.2, 0.25) is 5.02 Å². The molecular weight excluding hydrogens is 326 g/mol. The minimum Gasteiger partial charge on any atom is -0.487 e. The van der Waals surface area contributed by atoms with Gasteiger partial charge in [0.15, 0.2) is 0 Å². The molecule has 0 N–H and O–H groups in total. The summed E-state index contributed by atoms with van der Waals surface area (Å²) < 4.78 is 5.67. The molecule has 2 aromatic carbocycles. The first kappa shape index (κ1) is 13.9. The molecule has 2 nitrogen and oxygen atoms in total. The molecule has 2 aromatic rings. The lowest BCUT2D eigenvalue weighted by atomic mass is 10.1. The number of alkyl halides is 1. The lowest BCUT2D eigenvalue weighted by Crippen LogP contribution is -1.96. The van der Waals surface area contributed by atoms with Crippen LogP contribution in [0.4, 0.5) is 0 Å². The second-order valence-electron chi connectivity index (χ2n) is 4.00. The number of benzene rings is 2. The Kier molecular flexibility index (Phi) is 4.84. The van der Waals surface area contributed by atoms with Gasteiger partial charge in [0.2, 0.25) is 0 Å². The standard InChI is InChI=1S/C15H11BrClNO/c16-8-11-4-5-15(14(17)7-11)19-10-13-3-1-2-12(6-13)9-18/h1-7H,8,10H2. The summed E-state index contributed by atoms with van der Waals surface area (Å²) in [4.78, 5) is 0. The summed E-state index contributed by atoms with van der Waals surface area (Å²) in [6.07, 6.45) is 0. The highest BCUT2D eigenvalue weighted by molar-refractivity contribution is 9.08. The summed E-state index contributed by atoms with van der Waals surface area (Å²) >= 11 is 9.51. The van der Waals surface area contributed by atoms with Gasteiger partial charge < -0.3 is 4.74 Å². The van der Waals surface area contributed by atoms with Crippen LogP contribution in [0.25, 0.3) is 0 Å². The van der Waals surface area contributed by atoms with Crippen molar-refractivity contribution < 1.29 is 4.74 Å².